The first-order chi connectivity index (χ1) is 7.72. The van der Waals surface area contributed by atoms with Crippen LogP contribution in [0.1, 0.15) is 11.7 Å². The molecule has 1 rings (SSSR count). The normalized spacial score (nSPS) is 13.2. The van der Waals surface area contributed by atoms with Crippen LogP contribution in [-0.4, -0.2) is 22.5 Å². The van der Waals surface area contributed by atoms with Crippen molar-refractivity contribution in [3.8, 4) is 5.75 Å². The fraction of sp³-hybridized carbons (Fsp3) is 0.222. The molecule has 0 aliphatic carbocycles. The summed E-state index contributed by atoms with van der Waals surface area (Å²) < 4.78 is 52.2. The summed E-state index contributed by atoms with van der Waals surface area (Å²) >= 11 is 0. The molecule has 0 aromatic heterocycles. The third-order valence-electron chi connectivity index (χ3n) is 1.75. The molecule has 0 bridgehead atoms. The van der Waals surface area contributed by atoms with Crippen molar-refractivity contribution in [3.63, 3.8) is 0 Å². The lowest BCUT2D eigenvalue weighted by Crippen LogP contribution is -2.19. The molecule has 0 saturated heterocycles. The molecule has 0 heterocycles. The lowest BCUT2D eigenvalue weighted by molar-refractivity contribution is -0.275. The van der Waals surface area contributed by atoms with Crippen molar-refractivity contribution < 1.29 is 37.3 Å². The number of alkyl halides is 3. The second-order valence-electron chi connectivity index (χ2n) is 2.95. The molecule has 1 aromatic carbocycles. The Labute approximate surface area is 92.1 Å². The summed E-state index contributed by atoms with van der Waals surface area (Å²) in [7, 11) is 0. The van der Waals surface area contributed by atoms with Gasteiger partial charge in [0, 0.05) is 5.56 Å². The van der Waals surface area contributed by atoms with Gasteiger partial charge >= 0.3 is 12.3 Å². The van der Waals surface area contributed by atoms with Gasteiger partial charge in [-0.3, -0.25) is 0 Å². The smallest absolute Gasteiger partial charge is 0.479 e. The molecule has 1 atom stereocenters. The van der Waals surface area contributed by atoms with Gasteiger partial charge in [0.2, 0.25) is 0 Å². The summed E-state index contributed by atoms with van der Waals surface area (Å²) in [5.41, 5.74) is -0.806. The fourth-order valence-corrected chi connectivity index (χ4v) is 1.08. The first-order valence-corrected chi connectivity index (χ1v) is 4.17. The van der Waals surface area contributed by atoms with E-state index in [1.807, 2.05) is 0 Å². The first kappa shape index (κ1) is 13.2. The van der Waals surface area contributed by atoms with E-state index in [1.165, 1.54) is 0 Å². The lowest BCUT2D eigenvalue weighted by atomic mass is 10.1. The zero-order valence-corrected chi connectivity index (χ0v) is 8.03. The first-order valence-electron chi connectivity index (χ1n) is 4.17. The molecule has 0 saturated carbocycles. The van der Waals surface area contributed by atoms with Crippen LogP contribution in [-0.2, 0) is 4.79 Å². The molecule has 0 spiro atoms. The average molecular weight is 254 g/mol. The number of aliphatic hydroxyl groups excluding tert-OH is 1. The van der Waals surface area contributed by atoms with Crippen LogP contribution in [0.25, 0.3) is 0 Å². The standard InChI is InChI=1S/C9H6F4O4/c10-6-4(7(14)8(15)16)2-1-3-5(6)17-9(11,12)13/h1-3,7,14H,(H,15,16). The van der Waals surface area contributed by atoms with E-state index < -0.39 is 35.6 Å². The molecule has 8 heteroatoms. The molecular weight excluding hydrogens is 248 g/mol. The topological polar surface area (TPSA) is 66.8 Å². The van der Waals surface area contributed by atoms with Gasteiger partial charge in [-0.05, 0) is 6.07 Å². The lowest BCUT2D eigenvalue weighted by Gasteiger charge is -2.13. The number of carboxylic acid groups (broad SMARTS) is 1. The predicted molar refractivity (Wildman–Crippen MR) is 45.7 cm³/mol. The molecule has 0 aliphatic heterocycles. The Kier molecular flexibility index (Phi) is 3.56. The summed E-state index contributed by atoms with van der Waals surface area (Å²) in [5, 5.41) is 17.4. The molecule has 94 valence electrons. The van der Waals surface area contributed by atoms with Crippen LogP contribution in [0.2, 0.25) is 0 Å². The summed E-state index contributed by atoms with van der Waals surface area (Å²) in [6, 6.07) is 2.45. The summed E-state index contributed by atoms with van der Waals surface area (Å²) in [5.74, 6) is -4.55. The van der Waals surface area contributed by atoms with Crippen molar-refractivity contribution in [3.05, 3.63) is 29.6 Å². The molecule has 17 heavy (non-hydrogen) atoms. The van der Waals surface area contributed by atoms with Gasteiger partial charge in [0.15, 0.2) is 17.7 Å². The quantitative estimate of drug-likeness (QED) is 0.808. The Hall–Kier alpha value is -1.83. The van der Waals surface area contributed by atoms with E-state index in [4.69, 9.17) is 10.2 Å². The van der Waals surface area contributed by atoms with Crippen molar-refractivity contribution in [1.82, 2.24) is 0 Å². The van der Waals surface area contributed by atoms with Gasteiger partial charge in [0.1, 0.15) is 0 Å². The highest BCUT2D eigenvalue weighted by atomic mass is 19.4. The minimum Gasteiger partial charge on any atom is -0.479 e. The van der Waals surface area contributed by atoms with Gasteiger partial charge < -0.3 is 14.9 Å². The van der Waals surface area contributed by atoms with Crippen LogP contribution in [0.3, 0.4) is 0 Å². The number of hydrogen-bond acceptors (Lipinski definition) is 3. The highest BCUT2D eigenvalue weighted by Gasteiger charge is 2.33. The number of ether oxygens (including phenoxy) is 1. The van der Waals surface area contributed by atoms with Gasteiger partial charge in [0.25, 0.3) is 0 Å². The second kappa shape index (κ2) is 4.58. The third-order valence-corrected chi connectivity index (χ3v) is 1.75. The van der Waals surface area contributed by atoms with Crippen LogP contribution in [0, 0.1) is 5.82 Å². The number of aliphatic carboxylic acids is 1. The van der Waals surface area contributed by atoms with E-state index >= 15 is 0 Å². The van der Waals surface area contributed by atoms with Crippen molar-refractivity contribution >= 4 is 5.97 Å². The Morgan fingerprint density at radius 2 is 1.94 bits per heavy atom. The van der Waals surface area contributed by atoms with E-state index in [2.05, 4.69) is 4.74 Å². The number of hydrogen-bond donors (Lipinski definition) is 2. The number of rotatable bonds is 3. The van der Waals surface area contributed by atoms with Crippen molar-refractivity contribution in [2.24, 2.45) is 0 Å². The van der Waals surface area contributed by atoms with E-state index in [-0.39, 0.29) is 0 Å². The molecule has 1 unspecified atom stereocenters. The minimum absolute atomic E-state index is 0.668. The maximum absolute atomic E-state index is 13.4. The Morgan fingerprint density at radius 1 is 1.35 bits per heavy atom. The van der Waals surface area contributed by atoms with Gasteiger partial charge in [0.05, 0.1) is 0 Å². The predicted octanol–water partition coefficient (Wildman–Crippen LogP) is 1.84. The van der Waals surface area contributed by atoms with Crippen molar-refractivity contribution in [2.45, 2.75) is 12.5 Å². The van der Waals surface area contributed by atoms with Crippen LogP contribution in [0.15, 0.2) is 18.2 Å². The van der Waals surface area contributed by atoms with Gasteiger partial charge in [-0.2, -0.15) is 0 Å². The molecule has 4 nitrogen and oxygen atoms in total. The second-order valence-corrected chi connectivity index (χ2v) is 2.95. The molecule has 0 aliphatic rings. The monoisotopic (exact) mass is 254 g/mol. The molecule has 0 fully saturated rings. The Balaban J connectivity index is 3.12. The number of carbonyl (C=O) groups is 1. The van der Waals surface area contributed by atoms with E-state index in [0.29, 0.717) is 6.07 Å². The number of carboxylic acids is 1. The largest absolute Gasteiger partial charge is 0.573 e. The zero-order valence-electron chi connectivity index (χ0n) is 8.03. The van der Waals surface area contributed by atoms with E-state index in [9.17, 15) is 22.4 Å². The van der Waals surface area contributed by atoms with Crippen molar-refractivity contribution in [1.29, 1.82) is 0 Å². The average Bonchev–Trinajstić information content (AvgIpc) is 2.18. The van der Waals surface area contributed by atoms with Crippen LogP contribution < -0.4 is 4.74 Å². The van der Waals surface area contributed by atoms with Gasteiger partial charge in [-0.25, -0.2) is 9.18 Å². The molecule has 1 aromatic rings. The van der Waals surface area contributed by atoms with Crippen LogP contribution >= 0.6 is 0 Å². The number of benzene rings is 1. The Bertz CT molecular complexity index is 429. The van der Waals surface area contributed by atoms with Crippen LogP contribution in [0.4, 0.5) is 17.6 Å². The SMILES string of the molecule is O=C(O)C(O)c1cccc(OC(F)(F)F)c1F. The van der Waals surface area contributed by atoms with E-state index in [1.54, 1.807) is 0 Å². The molecule has 0 amide bonds. The van der Waals surface area contributed by atoms with Crippen LogP contribution in [0.5, 0.6) is 5.75 Å². The molecule has 2 N–H and O–H groups in total. The number of halogens is 4. The minimum atomic E-state index is -5.10. The van der Waals surface area contributed by atoms with Gasteiger partial charge in [-0.15, -0.1) is 13.2 Å². The maximum atomic E-state index is 13.4. The van der Waals surface area contributed by atoms with E-state index in [0.717, 1.165) is 12.1 Å². The molecular formula is C9H6F4O4. The summed E-state index contributed by atoms with van der Waals surface area (Å²) in [4.78, 5) is 10.4. The Morgan fingerprint density at radius 3 is 2.41 bits per heavy atom. The highest BCUT2D eigenvalue weighted by molar-refractivity contribution is 5.74. The summed E-state index contributed by atoms with van der Waals surface area (Å²) in [6.07, 6.45) is -7.36. The number of aliphatic hydroxyl groups is 1. The third kappa shape index (κ3) is 3.31. The maximum Gasteiger partial charge on any atom is 0.573 e. The van der Waals surface area contributed by atoms with Gasteiger partial charge in [-0.1, -0.05) is 12.1 Å². The summed E-state index contributed by atoms with van der Waals surface area (Å²) in [6.45, 7) is 0. The highest BCUT2D eigenvalue weighted by Crippen LogP contribution is 2.29. The zero-order chi connectivity index (χ0) is 13.2. The fourth-order valence-electron chi connectivity index (χ4n) is 1.08. The molecule has 0 radical (unpaired) electrons. The van der Waals surface area contributed by atoms with Crippen molar-refractivity contribution in [2.75, 3.05) is 0 Å².